The van der Waals surface area contributed by atoms with Gasteiger partial charge in [0.1, 0.15) is 18.2 Å². The molecule has 0 aromatic heterocycles. The zero-order valence-corrected chi connectivity index (χ0v) is 15.2. The van der Waals surface area contributed by atoms with E-state index in [1.807, 2.05) is 13.8 Å². The standard InChI is InChI=1S/C17H23FN2O4S/c1-17(2)7-8-20(16(17)21)12-25(22,23)15-5-3-14(4-6-15)24-11-13(9-18)10-19/h3-6,9H,7-8,10-12,19H2,1-2H3. The Bertz CT molecular complexity index is 757. The number of hydrogen-bond donors (Lipinski definition) is 1. The lowest BCUT2D eigenvalue weighted by molar-refractivity contribution is -0.133. The van der Waals surface area contributed by atoms with Gasteiger partial charge in [0.25, 0.3) is 0 Å². The summed E-state index contributed by atoms with van der Waals surface area (Å²) < 4.78 is 42.8. The third-order valence-electron chi connectivity index (χ3n) is 4.22. The highest BCUT2D eigenvalue weighted by Gasteiger charge is 2.40. The molecule has 1 saturated heterocycles. The Balaban J connectivity index is 2.04. The van der Waals surface area contributed by atoms with Crippen molar-refractivity contribution >= 4 is 15.7 Å². The second kappa shape index (κ2) is 7.53. The number of carbonyl (C=O) groups excluding carboxylic acids is 1. The highest BCUT2D eigenvalue weighted by Crippen LogP contribution is 2.31. The van der Waals surface area contributed by atoms with Crippen molar-refractivity contribution in [2.24, 2.45) is 11.1 Å². The van der Waals surface area contributed by atoms with Crippen molar-refractivity contribution in [3.63, 3.8) is 0 Å². The number of halogens is 1. The molecule has 138 valence electrons. The maximum atomic E-state index is 12.5. The molecule has 0 spiro atoms. The summed E-state index contributed by atoms with van der Waals surface area (Å²) in [6, 6.07) is 5.82. The monoisotopic (exact) mass is 370 g/mol. The number of hydrogen-bond acceptors (Lipinski definition) is 5. The molecule has 8 heteroatoms. The van der Waals surface area contributed by atoms with Crippen LogP contribution in [0.4, 0.5) is 4.39 Å². The van der Waals surface area contributed by atoms with Crippen LogP contribution in [0.1, 0.15) is 20.3 Å². The van der Waals surface area contributed by atoms with Crippen molar-refractivity contribution in [1.82, 2.24) is 4.90 Å². The third-order valence-corrected chi connectivity index (χ3v) is 5.86. The first-order valence-electron chi connectivity index (χ1n) is 7.93. The fraction of sp³-hybridized carbons (Fsp3) is 0.471. The molecule has 2 rings (SSSR count). The van der Waals surface area contributed by atoms with Gasteiger partial charge < -0.3 is 15.4 Å². The summed E-state index contributed by atoms with van der Waals surface area (Å²) in [5.41, 5.74) is 5.12. The Hall–Kier alpha value is -1.93. The molecule has 25 heavy (non-hydrogen) atoms. The Morgan fingerprint density at radius 3 is 2.48 bits per heavy atom. The normalized spacial score (nSPS) is 17.8. The van der Waals surface area contributed by atoms with Gasteiger partial charge in [0, 0.05) is 24.1 Å². The molecule has 1 amide bonds. The first kappa shape index (κ1) is 19.4. The van der Waals surface area contributed by atoms with Crippen LogP contribution in [0, 0.1) is 5.41 Å². The number of ether oxygens (including phenoxy) is 1. The van der Waals surface area contributed by atoms with Crippen LogP contribution in [0.2, 0.25) is 0 Å². The van der Waals surface area contributed by atoms with Crippen LogP contribution >= 0.6 is 0 Å². The zero-order valence-electron chi connectivity index (χ0n) is 14.4. The molecule has 1 aromatic carbocycles. The molecule has 0 bridgehead atoms. The van der Waals surface area contributed by atoms with E-state index < -0.39 is 15.3 Å². The maximum Gasteiger partial charge on any atom is 0.229 e. The molecular weight excluding hydrogens is 347 g/mol. The fourth-order valence-corrected chi connectivity index (χ4v) is 3.86. The Kier molecular flexibility index (Phi) is 5.84. The minimum absolute atomic E-state index is 0.00351. The number of sulfone groups is 1. The van der Waals surface area contributed by atoms with Gasteiger partial charge in [0.2, 0.25) is 5.91 Å². The van der Waals surface area contributed by atoms with Crippen LogP contribution in [0.3, 0.4) is 0 Å². The van der Waals surface area contributed by atoms with E-state index >= 15 is 0 Å². The van der Waals surface area contributed by atoms with Crippen LogP contribution < -0.4 is 10.5 Å². The van der Waals surface area contributed by atoms with Gasteiger partial charge >= 0.3 is 0 Å². The van der Waals surface area contributed by atoms with Crippen molar-refractivity contribution in [3.05, 3.63) is 36.2 Å². The summed E-state index contributed by atoms with van der Waals surface area (Å²) in [4.78, 5) is 13.7. The first-order valence-corrected chi connectivity index (χ1v) is 9.58. The number of benzene rings is 1. The van der Waals surface area contributed by atoms with Crippen LogP contribution in [0.15, 0.2) is 41.1 Å². The Labute approximate surface area is 147 Å². The van der Waals surface area contributed by atoms with Crippen LogP contribution in [0.5, 0.6) is 5.75 Å². The van der Waals surface area contributed by atoms with Gasteiger partial charge in [-0.05, 0) is 30.7 Å². The Morgan fingerprint density at radius 2 is 2.00 bits per heavy atom. The molecular formula is C17H23FN2O4S. The molecule has 0 unspecified atom stereocenters. The van der Waals surface area contributed by atoms with Crippen molar-refractivity contribution in [1.29, 1.82) is 0 Å². The molecule has 0 aliphatic carbocycles. The number of carbonyl (C=O) groups is 1. The van der Waals surface area contributed by atoms with E-state index in [0.29, 0.717) is 30.6 Å². The van der Waals surface area contributed by atoms with Gasteiger partial charge in [-0.3, -0.25) is 4.79 Å². The van der Waals surface area contributed by atoms with E-state index in [0.717, 1.165) is 0 Å². The SMILES string of the molecule is CC1(C)CCN(CS(=O)(=O)c2ccc(OCC(=CF)CN)cc2)C1=O. The molecule has 0 saturated carbocycles. The second-order valence-corrected chi connectivity index (χ2v) is 8.64. The lowest BCUT2D eigenvalue weighted by Crippen LogP contribution is -2.35. The molecule has 1 aromatic rings. The third kappa shape index (κ3) is 4.58. The van der Waals surface area contributed by atoms with Crippen molar-refractivity contribution in [3.8, 4) is 5.75 Å². The summed E-state index contributed by atoms with van der Waals surface area (Å²) in [7, 11) is -3.63. The summed E-state index contributed by atoms with van der Waals surface area (Å²) in [5.74, 6) is -0.0781. The molecule has 0 atom stereocenters. The van der Waals surface area contributed by atoms with Gasteiger partial charge in [0.15, 0.2) is 9.84 Å². The van der Waals surface area contributed by atoms with Crippen molar-refractivity contribution in [2.75, 3.05) is 25.6 Å². The molecule has 1 aliphatic rings. The van der Waals surface area contributed by atoms with E-state index in [2.05, 4.69) is 0 Å². The molecule has 1 aliphatic heterocycles. The minimum atomic E-state index is -3.63. The zero-order chi connectivity index (χ0) is 18.7. The average molecular weight is 370 g/mol. The van der Waals surface area contributed by atoms with Crippen LogP contribution in [-0.2, 0) is 14.6 Å². The number of rotatable bonds is 7. The minimum Gasteiger partial charge on any atom is -0.489 e. The topological polar surface area (TPSA) is 89.7 Å². The van der Waals surface area contributed by atoms with E-state index in [1.165, 1.54) is 29.2 Å². The molecule has 2 N–H and O–H groups in total. The van der Waals surface area contributed by atoms with E-state index in [4.69, 9.17) is 10.5 Å². The quantitative estimate of drug-likeness (QED) is 0.791. The van der Waals surface area contributed by atoms with E-state index in [9.17, 15) is 17.6 Å². The average Bonchev–Trinajstić information content (AvgIpc) is 2.83. The predicted molar refractivity (Wildman–Crippen MR) is 92.3 cm³/mol. The van der Waals surface area contributed by atoms with E-state index in [1.54, 1.807) is 0 Å². The number of amides is 1. The van der Waals surface area contributed by atoms with Crippen molar-refractivity contribution in [2.45, 2.75) is 25.2 Å². The molecule has 6 nitrogen and oxygen atoms in total. The molecule has 0 radical (unpaired) electrons. The number of likely N-dealkylation sites (tertiary alicyclic amines) is 1. The lowest BCUT2D eigenvalue weighted by atomic mass is 9.92. The summed E-state index contributed by atoms with van der Waals surface area (Å²) in [5, 5.41) is 0. The summed E-state index contributed by atoms with van der Waals surface area (Å²) in [6.45, 7) is 4.11. The van der Waals surface area contributed by atoms with Gasteiger partial charge in [-0.1, -0.05) is 13.8 Å². The predicted octanol–water partition coefficient (Wildman–Crippen LogP) is 1.87. The second-order valence-electron chi connectivity index (χ2n) is 6.68. The largest absolute Gasteiger partial charge is 0.489 e. The first-order chi connectivity index (χ1) is 11.7. The van der Waals surface area contributed by atoms with E-state index in [-0.39, 0.29) is 29.8 Å². The highest BCUT2D eigenvalue weighted by molar-refractivity contribution is 7.91. The van der Waals surface area contributed by atoms with Gasteiger partial charge in [-0.15, -0.1) is 0 Å². The number of nitrogens with zero attached hydrogens (tertiary/aromatic N) is 1. The summed E-state index contributed by atoms with van der Waals surface area (Å²) in [6.07, 6.45) is 1.03. The number of nitrogens with two attached hydrogens (primary N) is 1. The molecule has 1 fully saturated rings. The molecule has 1 heterocycles. The van der Waals surface area contributed by atoms with Gasteiger partial charge in [-0.25, -0.2) is 12.8 Å². The lowest BCUT2D eigenvalue weighted by Gasteiger charge is -2.19. The highest BCUT2D eigenvalue weighted by atomic mass is 32.2. The van der Waals surface area contributed by atoms with Gasteiger partial charge in [-0.2, -0.15) is 0 Å². The van der Waals surface area contributed by atoms with Gasteiger partial charge in [0.05, 0.1) is 11.2 Å². The Morgan fingerprint density at radius 1 is 1.36 bits per heavy atom. The fourth-order valence-electron chi connectivity index (χ4n) is 2.51. The van der Waals surface area contributed by atoms with Crippen LogP contribution in [-0.4, -0.2) is 44.8 Å². The smallest absolute Gasteiger partial charge is 0.229 e. The van der Waals surface area contributed by atoms with Crippen LogP contribution in [0.25, 0.3) is 0 Å². The summed E-state index contributed by atoms with van der Waals surface area (Å²) >= 11 is 0. The van der Waals surface area contributed by atoms with Crippen molar-refractivity contribution < 1.29 is 22.3 Å². The maximum absolute atomic E-state index is 12.5.